The Morgan fingerprint density at radius 3 is 1.24 bits per heavy atom. The number of nitrogens with zero attached hydrogens (tertiary/aromatic N) is 21. The number of benzene rings is 1. The lowest BCUT2D eigenvalue weighted by Gasteiger charge is -2.41. The number of rotatable bonds is 15. The Morgan fingerprint density at radius 1 is 0.453 bits per heavy atom. The Hall–Kier alpha value is -5.93. The first kappa shape index (κ1) is 112. The summed E-state index contributed by atoms with van der Waals surface area (Å²) >= 11 is 22.2. The molecule has 0 saturated carbocycles. The summed E-state index contributed by atoms with van der Waals surface area (Å²) in [4.78, 5) is 126. The number of carbonyl (C=O) groups excluding carboxylic acids is 1. The van der Waals surface area contributed by atoms with Gasteiger partial charge in [0.1, 0.15) is 97.4 Å². The van der Waals surface area contributed by atoms with Crippen LogP contribution in [-0.2, 0) is 120 Å². The van der Waals surface area contributed by atoms with E-state index in [1.807, 2.05) is 37.3 Å². The number of ether oxygens (including phenoxy) is 4. The van der Waals surface area contributed by atoms with E-state index in [1.54, 1.807) is 39.7 Å². The number of hydrogen-bond acceptors (Lipinski definition) is 37. The Bertz CT molecular complexity index is 5540. The molecule has 0 spiro atoms. The first-order valence-electron chi connectivity index (χ1n) is 47.7. The van der Waals surface area contributed by atoms with Gasteiger partial charge in [-0.2, -0.15) is 0 Å². The van der Waals surface area contributed by atoms with Crippen molar-refractivity contribution in [3.63, 3.8) is 0 Å². The van der Waals surface area contributed by atoms with Crippen LogP contribution >= 0.6 is 26.9 Å². The number of aryl methyl sites for hydroxylation is 2. The highest BCUT2D eigenvalue weighted by Gasteiger charge is 2.57. The number of carbonyl (C=O) groups is 1. The quantitative estimate of drug-likeness (QED) is 0.0285. The van der Waals surface area contributed by atoms with Crippen LogP contribution in [0.3, 0.4) is 0 Å². The molecule has 139 heavy (non-hydrogen) atoms. The molecule has 6 fully saturated rings. The van der Waals surface area contributed by atoms with Crippen molar-refractivity contribution in [2.75, 3.05) is 128 Å². The predicted molar refractivity (Wildman–Crippen MR) is 545 cm³/mol. The van der Waals surface area contributed by atoms with E-state index in [2.05, 4.69) is 192 Å². The first-order valence-corrected chi connectivity index (χ1v) is 60.9. The van der Waals surface area contributed by atoms with Gasteiger partial charge in [0.25, 0.3) is 5.91 Å². The minimum atomic E-state index is -4.15. The molecule has 28 bridgehead atoms. The third-order valence-electron chi connectivity index (χ3n) is 26.1. The van der Waals surface area contributed by atoms with E-state index in [9.17, 15) is 34.6 Å². The molecule has 1 amide bonds. The van der Waals surface area contributed by atoms with Crippen molar-refractivity contribution in [3.05, 3.63) is 122 Å². The summed E-state index contributed by atoms with van der Waals surface area (Å²) in [5.41, 5.74) is 4.99. The SMILES string of the molecule is CCN(CC)CC.CCN(CC)CC.CCN(CC)CC.CCN(CC)CC.C[C@H]1[C@H]2OP(O)(=S)OC[C@H]3OC4[C@H](OP(O)(=S)OC[C@H]1O[C@H]2n1cnc2c(ncnc21)CC/C=C/CN(C(=O)c1ccccc1)c1ncnc2c1ncn24)[C@@H]3O[Si](C)(C)C(C)(C)C.O[C@@H]1[C@H]2COP(O)(=S)O[C@@H]3[C@H](O)[C@H]4COP(O)(=S)O[C@H]1C(O2)n1cnc2c(ncnc21)NC/C=C/CCc1ncnc2c1ncn2[C@@H]3O4. The van der Waals surface area contributed by atoms with Crippen molar-refractivity contribution in [2.45, 2.75) is 247 Å². The zero-order valence-corrected chi connectivity index (χ0v) is 90.2. The largest absolute Gasteiger partial charge is 0.408 e. The van der Waals surface area contributed by atoms with Gasteiger partial charge in [-0.25, -0.2) is 59.8 Å². The highest BCUT2D eigenvalue weighted by Crippen LogP contribution is 2.58. The van der Waals surface area contributed by atoms with Crippen LogP contribution in [0.15, 0.2) is 105 Å². The molecule has 9 aromatic rings. The van der Waals surface area contributed by atoms with Gasteiger partial charge in [-0.15, -0.1) is 0 Å². The minimum absolute atomic E-state index is 0.145. The maximum Gasteiger partial charge on any atom is 0.325 e. The van der Waals surface area contributed by atoms with Crippen molar-refractivity contribution >= 4 is 145 Å². The summed E-state index contributed by atoms with van der Waals surface area (Å²) in [7, 11) is -2.67. The van der Waals surface area contributed by atoms with Crippen LogP contribution in [0.1, 0.15) is 170 Å². The Morgan fingerprint density at radius 2 is 0.806 bits per heavy atom. The van der Waals surface area contributed by atoms with Crippen LogP contribution in [0.4, 0.5) is 11.6 Å². The lowest BCUT2D eigenvalue weighted by molar-refractivity contribution is -0.0615. The summed E-state index contributed by atoms with van der Waals surface area (Å²) in [5.74, 6) is -0.0929. The minimum Gasteiger partial charge on any atom is -0.408 e. The molecule has 8 aromatic heterocycles. The Kier molecular flexibility index (Phi) is 40.6. The summed E-state index contributed by atoms with van der Waals surface area (Å²) in [6.45, 7) is 35.4. The zero-order chi connectivity index (χ0) is 100. The van der Waals surface area contributed by atoms with Gasteiger partial charge in [-0.1, -0.05) is 153 Å². The summed E-state index contributed by atoms with van der Waals surface area (Å²) in [6.07, 6.45) is 4.65. The lowest BCUT2D eigenvalue weighted by Crippen LogP contribution is -2.50. The highest BCUT2D eigenvalue weighted by atomic mass is 32.5. The van der Waals surface area contributed by atoms with Crippen molar-refractivity contribution in [1.29, 1.82) is 0 Å². The standard InChI is InChI=1S/C39H49N9O10P2S2Si.C25H29N9O10P2S2.4C6H15N/c1-23-26-17-52-60(51,62)57-32-31(58-63(5,6)39(2,3)4)27-18-53-59(50,61)56-30(23)37(54-26)47-21-44-28-25(40-19-41-33(28)47)15-11-8-12-16-46(36(49)24-13-9-7-10-14-24)34-29-35(43-20-42-34)48(22-45-29)38(32)55-27;35-17-13-6-39-46(38,48)44-20-18(36)14-7-40-45(37,47)43-19(17)24(41-13)33-10-31-15-12(27-8-29-22(15)33)4-2-1-3-5-26-21-16-23(30-9-28-21)34(11-32-16)25(20)42-14;4*1-4-7(5-2)6-3/h7-10,12-14,19-23,26-27,30-32,37-38H,11,15-18H2,1-6H3,(H,50,61)(H,51,62);1,3,8-11,13-14,17-20,24-25,35-36H,2,4-7H2,(H,37,47)(H,38,48)(H,26,28,30);4*4-6H2,1-3H3/b12-8+;3-1+;;;;/t23-,26-,27-,30-,31-,32-,37-,38?,59?,60?;13-,14-,17-,18-,19-,20-,24-,25?,45?,46?;;;;/m11..../s1. The van der Waals surface area contributed by atoms with E-state index in [0.717, 1.165) is 0 Å². The van der Waals surface area contributed by atoms with Gasteiger partial charge in [-0.3, -0.25) is 41.5 Å². The number of aliphatic hydroxyl groups is 2. The lowest BCUT2D eigenvalue weighted by atomic mass is 10.0. The second kappa shape index (κ2) is 50.4. The van der Waals surface area contributed by atoms with Gasteiger partial charge in [0.15, 0.2) is 78.5 Å². The van der Waals surface area contributed by atoms with E-state index >= 15 is 0 Å². The van der Waals surface area contributed by atoms with Gasteiger partial charge in [0.05, 0.1) is 69.2 Å². The van der Waals surface area contributed by atoms with Crippen LogP contribution < -0.4 is 10.2 Å². The van der Waals surface area contributed by atoms with Crippen LogP contribution in [0.2, 0.25) is 18.1 Å². The normalized spacial score (nSPS) is 30.0. The molecule has 1 aromatic carbocycles. The molecule has 6 saturated heterocycles. The van der Waals surface area contributed by atoms with Crippen LogP contribution in [0.5, 0.6) is 0 Å². The number of aliphatic hydroxyl groups excluding tert-OH is 2. The van der Waals surface area contributed by atoms with E-state index in [1.165, 1.54) is 137 Å². The van der Waals surface area contributed by atoms with Crippen molar-refractivity contribution < 1.29 is 94.1 Å². The molecule has 42 nitrogen and oxygen atoms in total. The molecule has 0 radical (unpaired) electrons. The third kappa shape index (κ3) is 27.5. The van der Waals surface area contributed by atoms with Crippen LogP contribution in [-0.4, -0.2) is 327 Å². The predicted octanol–water partition coefficient (Wildman–Crippen LogP) is 11.6. The molecule has 18 heterocycles. The number of amides is 1. The number of nitrogens with one attached hydrogen (secondary N) is 1. The summed E-state index contributed by atoms with van der Waals surface area (Å²) < 4.78 is 87.5. The van der Waals surface area contributed by atoms with E-state index in [0.29, 0.717) is 88.5 Å². The van der Waals surface area contributed by atoms with Crippen molar-refractivity contribution in [2.24, 2.45) is 5.92 Å². The molecular weight excluding hydrogens is 1970 g/mol. The molecule has 0 aliphatic carbocycles. The fourth-order valence-electron chi connectivity index (χ4n) is 16.8. The number of hydrogen-bond donors (Lipinski definition) is 7. The van der Waals surface area contributed by atoms with E-state index in [4.69, 9.17) is 117 Å². The van der Waals surface area contributed by atoms with E-state index < -0.39 is 146 Å². The second-order valence-electron chi connectivity index (χ2n) is 35.3. The molecule has 19 rings (SSSR count). The van der Waals surface area contributed by atoms with Gasteiger partial charge in [0.2, 0.25) is 0 Å². The number of aromatic nitrogens is 16. The Balaban J connectivity index is 0.000000199. The molecule has 7 N–H and O–H groups in total. The Labute approximate surface area is 834 Å². The van der Waals surface area contributed by atoms with E-state index in [-0.39, 0.29) is 47.7 Å². The third-order valence-corrected chi connectivity index (χ3v) is 36.8. The maximum atomic E-state index is 14.3. The van der Waals surface area contributed by atoms with Crippen molar-refractivity contribution in [3.8, 4) is 0 Å². The monoisotopic (exact) mass is 2100 g/mol. The van der Waals surface area contributed by atoms with Gasteiger partial charge in [0, 0.05) is 24.6 Å². The fraction of sp³-hybridized carbons (Fsp3) is 0.648. The summed E-state index contributed by atoms with van der Waals surface area (Å²) in [6, 6.07) is 8.90. The first-order chi connectivity index (χ1) is 66.4. The molecule has 10 aliphatic heterocycles. The van der Waals surface area contributed by atoms with Gasteiger partial charge in [-0.05, 0) is 182 Å². The number of allylic oxidation sites excluding steroid dienone is 2. The highest BCUT2D eigenvalue weighted by molar-refractivity contribution is 8.08. The molecule has 768 valence electrons. The molecule has 20 atom stereocenters. The smallest absolute Gasteiger partial charge is 0.325 e. The zero-order valence-electron chi connectivity index (χ0n) is 82.3. The van der Waals surface area contributed by atoms with Crippen molar-refractivity contribution in [1.82, 2.24) is 97.7 Å². The average molecular weight is 2100 g/mol. The number of anilines is 2. The van der Waals surface area contributed by atoms with Gasteiger partial charge >= 0.3 is 26.9 Å². The molecular formula is C88H138N22O20P4S4Si. The summed E-state index contributed by atoms with van der Waals surface area (Å²) in [5, 5.41) is 25.7. The topological polar surface area (TPSA) is 461 Å². The average Bonchev–Trinajstić information content (AvgIpc) is 1.61. The molecule has 10 aliphatic rings. The number of fused-ring (bicyclic) bond motifs is 20. The number of imidazole rings is 4. The van der Waals surface area contributed by atoms with Gasteiger partial charge < -0.3 is 101 Å². The van der Waals surface area contributed by atoms with Crippen LogP contribution in [0.25, 0.3) is 44.7 Å². The fourth-order valence-corrected chi connectivity index (χ4v) is 23.8. The molecule has 51 heteroatoms. The maximum absolute atomic E-state index is 14.3. The van der Waals surface area contributed by atoms with Crippen LogP contribution in [0, 0.1) is 5.92 Å². The molecule has 6 unspecified atom stereocenters. The second-order valence-corrected chi connectivity index (χ2v) is 51.2.